The third kappa shape index (κ3) is 3.81. The number of rotatable bonds is 5. The van der Waals surface area contributed by atoms with Crippen LogP contribution in [0.5, 0.6) is 0 Å². The van der Waals surface area contributed by atoms with Crippen LogP contribution >= 0.6 is 0 Å². The number of hydrogen-bond acceptors (Lipinski definition) is 4. The number of para-hydroxylation sites is 1. The minimum atomic E-state index is -0.537. The molecule has 1 rings (SSSR count). The second kappa shape index (κ2) is 6.34. The fourth-order valence-electron chi connectivity index (χ4n) is 1.40. The van der Waals surface area contributed by atoms with Crippen LogP contribution in [-0.2, 0) is 11.3 Å². The summed E-state index contributed by atoms with van der Waals surface area (Å²) in [5.41, 5.74) is 9.29. The first-order chi connectivity index (χ1) is 8.06. The van der Waals surface area contributed by atoms with Gasteiger partial charge in [0, 0.05) is 12.2 Å². The molecule has 1 aromatic carbocycles. The molecule has 0 saturated heterocycles. The SMILES string of the molecule is CC(C)[C@H](N)C(=O)Nc1ccccc1CNO. The summed E-state index contributed by atoms with van der Waals surface area (Å²) in [4.78, 5) is 11.8. The van der Waals surface area contributed by atoms with E-state index in [-0.39, 0.29) is 18.4 Å². The molecule has 0 aliphatic carbocycles. The van der Waals surface area contributed by atoms with Crippen molar-refractivity contribution in [3.63, 3.8) is 0 Å². The fourth-order valence-corrected chi connectivity index (χ4v) is 1.40. The van der Waals surface area contributed by atoms with Crippen molar-refractivity contribution in [3.05, 3.63) is 29.8 Å². The Kier molecular flexibility index (Phi) is 5.09. The Labute approximate surface area is 101 Å². The Hall–Kier alpha value is -1.43. The molecule has 1 aromatic rings. The van der Waals surface area contributed by atoms with Gasteiger partial charge in [-0.3, -0.25) is 4.79 Å². The number of carbonyl (C=O) groups excluding carboxylic acids is 1. The highest BCUT2D eigenvalue weighted by atomic mass is 16.5. The molecular weight excluding hydrogens is 218 g/mol. The van der Waals surface area contributed by atoms with Crippen molar-refractivity contribution in [2.45, 2.75) is 26.4 Å². The van der Waals surface area contributed by atoms with Crippen molar-refractivity contribution < 1.29 is 10.0 Å². The first kappa shape index (κ1) is 13.6. The zero-order valence-corrected chi connectivity index (χ0v) is 10.1. The van der Waals surface area contributed by atoms with Crippen LogP contribution in [0.15, 0.2) is 24.3 Å². The number of benzene rings is 1. The topological polar surface area (TPSA) is 87.4 Å². The van der Waals surface area contributed by atoms with Crippen LogP contribution in [0.1, 0.15) is 19.4 Å². The number of hydrogen-bond donors (Lipinski definition) is 4. The average Bonchev–Trinajstić information content (AvgIpc) is 2.30. The number of hydroxylamine groups is 1. The molecule has 0 unspecified atom stereocenters. The third-order valence-electron chi connectivity index (χ3n) is 2.57. The molecule has 5 N–H and O–H groups in total. The van der Waals surface area contributed by atoms with E-state index >= 15 is 0 Å². The Bertz CT molecular complexity index is 380. The molecule has 1 amide bonds. The van der Waals surface area contributed by atoms with Gasteiger partial charge in [-0.25, -0.2) is 5.48 Å². The fraction of sp³-hybridized carbons (Fsp3) is 0.417. The lowest BCUT2D eigenvalue weighted by Gasteiger charge is -2.17. The van der Waals surface area contributed by atoms with Crippen molar-refractivity contribution in [2.24, 2.45) is 11.7 Å². The van der Waals surface area contributed by atoms with Gasteiger partial charge in [-0.05, 0) is 17.5 Å². The van der Waals surface area contributed by atoms with Crippen molar-refractivity contribution in [3.8, 4) is 0 Å². The van der Waals surface area contributed by atoms with Gasteiger partial charge < -0.3 is 16.3 Å². The summed E-state index contributed by atoms with van der Waals surface area (Å²) in [6, 6.07) is 6.71. The Morgan fingerprint density at radius 3 is 2.65 bits per heavy atom. The van der Waals surface area contributed by atoms with Gasteiger partial charge in [0.05, 0.1) is 6.04 Å². The number of amides is 1. The molecule has 0 bridgehead atoms. The summed E-state index contributed by atoms with van der Waals surface area (Å²) in [6.07, 6.45) is 0. The molecule has 0 saturated carbocycles. The Balaban J connectivity index is 2.77. The van der Waals surface area contributed by atoms with Crippen molar-refractivity contribution in [2.75, 3.05) is 5.32 Å². The lowest BCUT2D eigenvalue weighted by Crippen LogP contribution is -2.40. The molecule has 0 aromatic heterocycles. The maximum Gasteiger partial charge on any atom is 0.241 e. The molecule has 0 radical (unpaired) electrons. The number of carbonyl (C=O) groups is 1. The number of anilines is 1. The monoisotopic (exact) mass is 237 g/mol. The van der Waals surface area contributed by atoms with Crippen LogP contribution in [-0.4, -0.2) is 17.2 Å². The average molecular weight is 237 g/mol. The summed E-state index contributed by atoms with van der Waals surface area (Å²) < 4.78 is 0. The maximum atomic E-state index is 11.8. The first-order valence-electron chi connectivity index (χ1n) is 5.57. The second-order valence-corrected chi connectivity index (χ2v) is 4.25. The van der Waals surface area contributed by atoms with E-state index < -0.39 is 6.04 Å². The van der Waals surface area contributed by atoms with Crippen molar-refractivity contribution in [1.29, 1.82) is 0 Å². The first-order valence-corrected chi connectivity index (χ1v) is 5.57. The lowest BCUT2D eigenvalue weighted by molar-refractivity contribution is -0.118. The zero-order chi connectivity index (χ0) is 12.8. The summed E-state index contributed by atoms with van der Waals surface area (Å²) in [5.74, 6) is -0.136. The minimum absolute atomic E-state index is 0.0816. The van der Waals surface area contributed by atoms with E-state index in [9.17, 15) is 4.79 Å². The van der Waals surface area contributed by atoms with E-state index in [1.54, 1.807) is 6.07 Å². The molecule has 5 nitrogen and oxygen atoms in total. The van der Waals surface area contributed by atoms with Crippen LogP contribution < -0.4 is 16.5 Å². The van der Waals surface area contributed by atoms with E-state index in [2.05, 4.69) is 10.8 Å². The predicted molar refractivity (Wildman–Crippen MR) is 66.5 cm³/mol. The van der Waals surface area contributed by atoms with Gasteiger partial charge >= 0.3 is 0 Å². The van der Waals surface area contributed by atoms with Gasteiger partial charge in [0.25, 0.3) is 0 Å². The maximum absolute atomic E-state index is 11.8. The highest BCUT2D eigenvalue weighted by Gasteiger charge is 2.17. The highest BCUT2D eigenvalue weighted by Crippen LogP contribution is 2.15. The quantitative estimate of drug-likeness (QED) is 0.577. The van der Waals surface area contributed by atoms with Gasteiger partial charge in [-0.1, -0.05) is 32.0 Å². The molecule has 0 fully saturated rings. The molecule has 0 aliphatic heterocycles. The smallest absolute Gasteiger partial charge is 0.241 e. The predicted octanol–water partition coefficient (Wildman–Crippen LogP) is 1.09. The highest BCUT2D eigenvalue weighted by molar-refractivity contribution is 5.95. The molecular formula is C12H19N3O2. The van der Waals surface area contributed by atoms with E-state index in [0.29, 0.717) is 5.69 Å². The third-order valence-corrected chi connectivity index (χ3v) is 2.57. The summed E-state index contributed by atoms with van der Waals surface area (Å²) in [5, 5.41) is 11.4. The molecule has 94 valence electrons. The van der Waals surface area contributed by atoms with Crippen LogP contribution in [0.3, 0.4) is 0 Å². The lowest BCUT2D eigenvalue weighted by atomic mass is 10.0. The summed E-state index contributed by atoms with van der Waals surface area (Å²) >= 11 is 0. The van der Waals surface area contributed by atoms with E-state index in [4.69, 9.17) is 10.9 Å². The molecule has 5 heteroatoms. The minimum Gasteiger partial charge on any atom is -0.324 e. The molecule has 0 spiro atoms. The van der Waals surface area contributed by atoms with Gasteiger partial charge in [-0.2, -0.15) is 0 Å². The number of nitrogens with two attached hydrogens (primary N) is 1. The summed E-state index contributed by atoms with van der Waals surface area (Å²) in [6.45, 7) is 4.06. The van der Waals surface area contributed by atoms with Crippen LogP contribution in [0.4, 0.5) is 5.69 Å². The normalized spacial score (nSPS) is 12.5. The Morgan fingerprint density at radius 2 is 2.06 bits per heavy atom. The molecule has 0 aliphatic rings. The number of nitrogens with one attached hydrogen (secondary N) is 2. The zero-order valence-electron chi connectivity index (χ0n) is 10.1. The van der Waals surface area contributed by atoms with Crippen LogP contribution in [0.2, 0.25) is 0 Å². The van der Waals surface area contributed by atoms with E-state index in [1.807, 2.05) is 32.0 Å². The molecule has 17 heavy (non-hydrogen) atoms. The van der Waals surface area contributed by atoms with Crippen molar-refractivity contribution in [1.82, 2.24) is 5.48 Å². The van der Waals surface area contributed by atoms with Crippen LogP contribution in [0.25, 0.3) is 0 Å². The van der Waals surface area contributed by atoms with Gasteiger partial charge in [0.1, 0.15) is 0 Å². The largest absolute Gasteiger partial charge is 0.324 e. The Morgan fingerprint density at radius 1 is 1.41 bits per heavy atom. The standard InChI is InChI=1S/C12H19N3O2/c1-8(2)11(13)12(16)15-10-6-4-3-5-9(10)7-14-17/h3-6,8,11,14,17H,7,13H2,1-2H3,(H,15,16)/t11-/m0/s1. The van der Waals surface area contributed by atoms with Crippen LogP contribution in [0, 0.1) is 5.92 Å². The van der Waals surface area contributed by atoms with E-state index in [0.717, 1.165) is 5.56 Å². The second-order valence-electron chi connectivity index (χ2n) is 4.25. The van der Waals surface area contributed by atoms with Gasteiger partial charge in [-0.15, -0.1) is 0 Å². The molecule has 0 heterocycles. The summed E-state index contributed by atoms with van der Waals surface area (Å²) in [7, 11) is 0. The van der Waals surface area contributed by atoms with Crippen molar-refractivity contribution >= 4 is 11.6 Å². The van der Waals surface area contributed by atoms with Gasteiger partial charge in [0.15, 0.2) is 0 Å². The molecule has 1 atom stereocenters. The van der Waals surface area contributed by atoms with E-state index in [1.165, 1.54) is 0 Å². The van der Waals surface area contributed by atoms with Gasteiger partial charge in [0.2, 0.25) is 5.91 Å².